The summed E-state index contributed by atoms with van der Waals surface area (Å²) >= 11 is 0. The minimum Gasteiger partial charge on any atom is -0.329 e. The number of aryl methyl sites for hydroxylation is 1. The number of amides is 4. The summed E-state index contributed by atoms with van der Waals surface area (Å²) in [5.74, 6) is -0.610. The Hall–Kier alpha value is -3.35. The van der Waals surface area contributed by atoms with Crippen molar-refractivity contribution in [3.8, 4) is 0 Å². The van der Waals surface area contributed by atoms with Crippen LogP contribution in [0, 0.1) is 0 Å². The second-order valence-electron chi connectivity index (χ2n) is 5.91. The van der Waals surface area contributed by atoms with E-state index < -0.39 is 6.03 Å². The first kappa shape index (κ1) is 17.5. The fourth-order valence-corrected chi connectivity index (χ4v) is 2.74. The van der Waals surface area contributed by atoms with Gasteiger partial charge in [0.25, 0.3) is 0 Å². The van der Waals surface area contributed by atoms with E-state index in [9.17, 15) is 14.4 Å². The van der Waals surface area contributed by atoms with Crippen molar-refractivity contribution in [2.45, 2.75) is 13.3 Å². The maximum absolute atomic E-state index is 12.4. The second-order valence-corrected chi connectivity index (χ2v) is 5.91. The Morgan fingerprint density at radius 2 is 1.96 bits per heavy atom. The lowest BCUT2D eigenvalue weighted by Gasteiger charge is -2.29. The van der Waals surface area contributed by atoms with Crippen LogP contribution in [0.2, 0.25) is 0 Å². The van der Waals surface area contributed by atoms with Crippen molar-refractivity contribution < 1.29 is 14.4 Å². The van der Waals surface area contributed by atoms with E-state index in [0.29, 0.717) is 17.1 Å². The molecule has 0 spiro atoms. The topological polar surface area (TPSA) is 90.5 Å². The highest BCUT2D eigenvalue weighted by Gasteiger charge is 2.26. The Morgan fingerprint density at radius 3 is 2.77 bits per heavy atom. The van der Waals surface area contributed by atoms with Crippen LogP contribution >= 0.6 is 0 Å². The van der Waals surface area contributed by atoms with Crippen molar-refractivity contribution in [1.29, 1.82) is 0 Å². The van der Waals surface area contributed by atoms with Gasteiger partial charge < -0.3 is 16.0 Å². The first-order valence-corrected chi connectivity index (χ1v) is 8.40. The van der Waals surface area contributed by atoms with E-state index in [1.807, 2.05) is 25.1 Å². The lowest BCUT2D eigenvalue weighted by atomic mass is 10.1. The summed E-state index contributed by atoms with van der Waals surface area (Å²) in [6, 6.07) is 14.1. The maximum Gasteiger partial charge on any atom is 0.322 e. The molecule has 3 N–H and O–H groups in total. The van der Waals surface area contributed by atoms with Crippen LogP contribution in [0.4, 0.5) is 21.9 Å². The molecule has 0 aliphatic carbocycles. The Bertz CT molecular complexity index is 850. The van der Waals surface area contributed by atoms with Crippen LogP contribution in [0.5, 0.6) is 0 Å². The number of rotatable bonds is 4. The second kappa shape index (κ2) is 7.69. The summed E-state index contributed by atoms with van der Waals surface area (Å²) in [7, 11) is 0. The van der Waals surface area contributed by atoms with Crippen LogP contribution in [0.25, 0.3) is 0 Å². The third-order valence-corrected chi connectivity index (χ3v) is 4.03. The van der Waals surface area contributed by atoms with Gasteiger partial charge >= 0.3 is 6.03 Å². The highest BCUT2D eigenvalue weighted by molar-refractivity contribution is 6.10. The summed E-state index contributed by atoms with van der Waals surface area (Å²) in [6.45, 7) is 1.76. The zero-order chi connectivity index (χ0) is 18.5. The summed E-state index contributed by atoms with van der Waals surface area (Å²) in [5, 5.41) is 8.02. The average molecular weight is 352 g/mol. The number of anilines is 3. The van der Waals surface area contributed by atoms with E-state index in [0.717, 1.165) is 12.0 Å². The zero-order valence-electron chi connectivity index (χ0n) is 14.4. The van der Waals surface area contributed by atoms with Gasteiger partial charge in [-0.1, -0.05) is 31.2 Å². The minimum absolute atomic E-state index is 0.0942. The van der Waals surface area contributed by atoms with Crippen molar-refractivity contribution in [1.82, 2.24) is 5.32 Å². The SMILES string of the molecule is CCc1cccc(NC(=O)CNC(=O)N2CC(=O)Nc3ccccc32)c1. The van der Waals surface area contributed by atoms with Gasteiger partial charge in [-0.15, -0.1) is 0 Å². The largest absolute Gasteiger partial charge is 0.329 e. The molecule has 0 bridgehead atoms. The van der Waals surface area contributed by atoms with E-state index >= 15 is 0 Å². The molecule has 1 aliphatic heterocycles. The van der Waals surface area contributed by atoms with Crippen molar-refractivity contribution in [2.24, 2.45) is 0 Å². The van der Waals surface area contributed by atoms with Crippen molar-refractivity contribution in [2.75, 3.05) is 28.6 Å². The van der Waals surface area contributed by atoms with Gasteiger partial charge in [0.1, 0.15) is 6.54 Å². The highest BCUT2D eigenvalue weighted by atomic mass is 16.2. The van der Waals surface area contributed by atoms with Gasteiger partial charge in [0, 0.05) is 5.69 Å². The number of hydrogen-bond acceptors (Lipinski definition) is 3. The Morgan fingerprint density at radius 1 is 1.15 bits per heavy atom. The summed E-state index contributed by atoms with van der Waals surface area (Å²) < 4.78 is 0. The molecule has 0 aromatic heterocycles. The number of nitrogens with zero attached hydrogens (tertiary/aromatic N) is 1. The van der Waals surface area contributed by atoms with E-state index in [1.165, 1.54) is 4.90 Å². The van der Waals surface area contributed by atoms with E-state index in [4.69, 9.17) is 0 Å². The highest BCUT2D eigenvalue weighted by Crippen LogP contribution is 2.28. The number of carbonyl (C=O) groups excluding carboxylic acids is 3. The quantitative estimate of drug-likeness (QED) is 0.789. The number of nitrogens with one attached hydrogen (secondary N) is 3. The third kappa shape index (κ3) is 4.00. The van der Waals surface area contributed by atoms with Crippen LogP contribution < -0.4 is 20.9 Å². The number of urea groups is 1. The van der Waals surface area contributed by atoms with Crippen LogP contribution in [0.15, 0.2) is 48.5 Å². The normalized spacial score (nSPS) is 12.8. The molecule has 0 saturated heterocycles. The molecule has 134 valence electrons. The smallest absolute Gasteiger partial charge is 0.322 e. The van der Waals surface area contributed by atoms with E-state index in [2.05, 4.69) is 16.0 Å². The van der Waals surface area contributed by atoms with Gasteiger partial charge in [-0.2, -0.15) is 0 Å². The van der Waals surface area contributed by atoms with E-state index in [-0.39, 0.29) is 24.9 Å². The molecule has 2 aromatic rings. The first-order chi connectivity index (χ1) is 12.6. The monoisotopic (exact) mass is 352 g/mol. The van der Waals surface area contributed by atoms with Crippen molar-refractivity contribution in [3.63, 3.8) is 0 Å². The molecule has 0 fully saturated rings. The maximum atomic E-state index is 12.4. The van der Waals surface area contributed by atoms with E-state index in [1.54, 1.807) is 30.3 Å². The van der Waals surface area contributed by atoms with Crippen LogP contribution in [-0.4, -0.2) is 30.9 Å². The van der Waals surface area contributed by atoms with Gasteiger partial charge in [0.2, 0.25) is 11.8 Å². The molecule has 1 heterocycles. The molecule has 2 aromatic carbocycles. The molecule has 7 nitrogen and oxygen atoms in total. The summed E-state index contributed by atoms with van der Waals surface area (Å²) in [4.78, 5) is 37.6. The van der Waals surface area contributed by atoms with Crippen LogP contribution in [0.3, 0.4) is 0 Å². The molecule has 4 amide bonds. The molecule has 0 unspecified atom stereocenters. The Labute approximate surface area is 151 Å². The number of hydrogen-bond donors (Lipinski definition) is 3. The fraction of sp³-hybridized carbons (Fsp3) is 0.211. The molecule has 7 heteroatoms. The predicted molar refractivity (Wildman–Crippen MR) is 100 cm³/mol. The van der Waals surface area contributed by atoms with Crippen LogP contribution in [0.1, 0.15) is 12.5 Å². The molecular weight excluding hydrogens is 332 g/mol. The predicted octanol–water partition coefficient (Wildman–Crippen LogP) is 2.36. The van der Waals surface area contributed by atoms with Gasteiger partial charge in [-0.3, -0.25) is 14.5 Å². The zero-order valence-corrected chi connectivity index (χ0v) is 14.4. The summed E-state index contributed by atoms with van der Waals surface area (Å²) in [6.07, 6.45) is 0.872. The fourth-order valence-electron chi connectivity index (χ4n) is 2.74. The molecule has 0 saturated carbocycles. The Balaban J connectivity index is 1.60. The number of fused-ring (bicyclic) bond motifs is 1. The average Bonchev–Trinajstić information content (AvgIpc) is 2.65. The standard InChI is InChI=1S/C19H20N4O3/c1-2-13-6-5-7-14(10-13)21-17(24)11-20-19(26)23-12-18(25)22-15-8-3-4-9-16(15)23/h3-10H,2,11-12H2,1H3,(H,20,26)(H,21,24)(H,22,25). The van der Waals surface area contributed by atoms with Gasteiger partial charge in [0.15, 0.2) is 0 Å². The third-order valence-electron chi connectivity index (χ3n) is 4.03. The van der Waals surface area contributed by atoms with Gasteiger partial charge in [-0.25, -0.2) is 4.79 Å². The molecular formula is C19H20N4O3. The molecule has 0 radical (unpaired) electrons. The molecule has 0 atom stereocenters. The number of para-hydroxylation sites is 2. The molecule has 26 heavy (non-hydrogen) atoms. The first-order valence-electron chi connectivity index (χ1n) is 8.40. The lowest BCUT2D eigenvalue weighted by Crippen LogP contribution is -2.48. The molecule has 3 rings (SSSR count). The summed E-state index contributed by atoms with van der Waals surface area (Å²) in [5.41, 5.74) is 2.97. The minimum atomic E-state index is -0.496. The number of benzene rings is 2. The lowest BCUT2D eigenvalue weighted by molar-refractivity contribution is -0.115. The van der Waals surface area contributed by atoms with Crippen LogP contribution in [-0.2, 0) is 16.0 Å². The van der Waals surface area contributed by atoms with Crippen molar-refractivity contribution >= 4 is 34.9 Å². The number of carbonyl (C=O) groups is 3. The van der Waals surface area contributed by atoms with Gasteiger partial charge in [-0.05, 0) is 36.2 Å². The Kier molecular flexibility index (Phi) is 5.17. The van der Waals surface area contributed by atoms with Gasteiger partial charge in [0.05, 0.1) is 17.9 Å². The van der Waals surface area contributed by atoms with Crippen molar-refractivity contribution in [3.05, 3.63) is 54.1 Å². The molecule has 1 aliphatic rings.